The van der Waals surface area contributed by atoms with Crippen molar-refractivity contribution >= 4 is 20.0 Å². The predicted molar refractivity (Wildman–Crippen MR) is 82.1 cm³/mol. The molecule has 1 aliphatic carbocycles. The zero-order valence-electron chi connectivity index (χ0n) is 12.0. The summed E-state index contributed by atoms with van der Waals surface area (Å²) >= 11 is 0. The minimum absolute atomic E-state index is 0.0918. The zero-order chi connectivity index (χ0) is 16.0. The molecule has 1 saturated carbocycles. The summed E-state index contributed by atoms with van der Waals surface area (Å²) < 4.78 is 49.0. The molecule has 0 amide bonds. The lowest BCUT2D eigenvalue weighted by Gasteiger charge is -2.27. The molecular formula is C14H18N2O4S2. The van der Waals surface area contributed by atoms with Gasteiger partial charge in [-0.15, -0.1) is 0 Å². The normalized spacial score (nSPS) is 20.2. The first-order valence-corrected chi connectivity index (χ1v) is 10.1. The second-order valence-corrected chi connectivity index (χ2v) is 9.13. The van der Waals surface area contributed by atoms with Gasteiger partial charge in [0.05, 0.1) is 9.79 Å². The summed E-state index contributed by atoms with van der Waals surface area (Å²) in [7, 11) is -7.39. The van der Waals surface area contributed by atoms with Gasteiger partial charge in [0, 0.05) is 13.1 Å². The predicted octanol–water partition coefficient (Wildman–Crippen LogP) is 1.21. The minimum Gasteiger partial charge on any atom is -0.225 e. The van der Waals surface area contributed by atoms with Crippen molar-refractivity contribution in [3.05, 3.63) is 35.4 Å². The molecule has 8 heteroatoms. The Labute approximate surface area is 130 Å². The van der Waals surface area contributed by atoms with Gasteiger partial charge in [0.2, 0.25) is 20.0 Å². The monoisotopic (exact) mass is 342 g/mol. The van der Waals surface area contributed by atoms with Gasteiger partial charge in [-0.2, -0.15) is 4.31 Å². The van der Waals surface area contributed by atoms with Crippen molar-refractivity contribution in [1.29, 1.82) is 0 Å². The van der Waals surface area contributed by atoms with Crippen molar-refractivity contribution < 1.29 is 16.8 Å². The third-order valence-corrected chi connectivity index (χ3v) is 6.96. The molecule has 0 radical (unpaired) electrons. The van der Waals surface area contributed by atoms with Gasteiger partial charge in [0.25, 0.3) is 0 Å². The Bertz CT molecular complexity index is 808. The average Bonchev–Trinajstić information content (AvgIpc) is 3.31. The number of hydrogen-bond donors (Lipinski definition) is 1. The Balaban J connectivity index is 1.80. The number of piperidine rings is 1. The molecule has 2 aliphatic rings. The topological polar surface area (TPSA) is 97.5 Å². The number of primary sulfonamides is 1. The lowest BCUT2D eigenvalue weighted by Crippen LogP contribution is -2.36. The number of hydrogen-bond acceptors (Lipinski definition) is 4. The lowest BCUT2D eigenvalue weighted by atomic mass is 10.1. The molecule has 1 aromatic carbocycles. The van der Waals surface area contributed by atoms with Gasteiger partial charge < -0.3 is 0 Å². The van der Waals surface area contributed by atoms with E-state index in [2.05, 4.69) is 0 Å². The Hall–Kier alpha value is -1.22. The van der Waals surface area contributed by atoms with E-state index in [0.29, 0.717) is 13.1 Å². The van der Waals surface area contributed by atoms with E-state index < -0.39 is 20.0 Å². The summed E-state index contributed by atoms with van der Waals surface area (Å²) in [6, 6.07) is 5.04. The second kappa shape index (κ2) is 5.45. The van der Waals surface area contributed by atoms with Crippen LogP contribution in [0, 0.1) is 0 Å². The summed E-state index contributed by atoms with van der Waals surface area (Å²) in [5, 5.41) is 5.02. The van der Waals surface area contributed by atoms with Crippen molar-refractivity contribution in [2.45, 2.75) is 35.5 Å². The fourth-order valence-corrected chi connectivity index (χ4v) is 4.67. The van der Waals surface area contributed by atoms with Crippen LogP contribution >= 0.6 is 0 Å². The van der Waals surface area contributed by atoms with Crippen LogP contribution in [0.2, 0.25) is 0 Å². The standard InChI is InChI=1S/C14H18N2O4S2/c15-21(17,18)13-3-5-14(6-4-13)22(19,20)16-9-7-12(8-10-16)11-1-2-11/h3-6H,1-2,7-10H2,(H2,15,17,18). The molecule has 0 unspecified atom stereocenters. The molecule has 0 aromatic heterocycles. The molecule has 1 heterocycles. The molecule has 6 nitrogen and oxygen atoms in total. The summed E-state index contributed by atoms with van der Waals surface area (Å²) in [6.07, 6.45) is 3.92. The third kappa shape index (κ3) is 3.10. The van der Waals surface area contributed by atoms with Crippen LogP contribution in [0.25, 0.3) is 0 Å². The van der Waals surface area contributed by atoms with Crippen LogP contribution in [-0.4, -0.2) is 34.2 Å². The van der Waals surface area contributed by atoms with E-state index in [4.69, 9.17) is 5.14 Å². The van der Waals surface area contributed by atoms with Crippen molar-refractivity contribution in [1.82, 2.24) is 4.31 Å². The Morgan fingerprint density at radius 1 is 0.773 bits per heavy atom. The molecule has 0 bridgehead atoms. The highest BCUT2D eigenvalue weighted by atomic mass is 32.2. The Kier molecular flexibility index (Phi) is 3.88. The summed E-state index contributed by atoms with van der Waals surface area (Å²) in [4.78, 5) is 0.00766. The molecule has 2 N–H and O–H groups in total. The fourth-order valence-electron chi connectivity index (χ4n) is 2.72. The van der Waals surface area contributed by atoms with E-state index in [1.54, 1.807) is 0 Å². The highest BCUT2D eigenvalue weighted by Gasteiger charge is 2.29. The minimum atomic E-state index is -3.81. The maximum atomic E-state index is 12.6. The maximum absolute atomic E-state index is 12.6. The lowest BCUT2D eigenvalue weighted by molar-refractivity contribution is 0.386. The SMILES string of the molecule is NS(=O)(=O)c1ccc(S(=O)(=O)N2CCC(=C3CC3)CC2)cc1. The van der Waals surface area contributed by atoms with Crippen molar-refractivity contribution in [2.24, 2.45) is 5.14 Å². The van der Waals surface area contributed by atoms with E-state index in [1.807, 2.05) is 0 Å². The fraction of sp³-hybridized carbons (Fsp3) is 0.429. The summed E-state index contributed by atoms with van der Waals surface area (Å²) in [5.74, 6) is 0. The molecular weight excluding hydrogens is 324 g/mol. The number of allylic oxidation sites excluding steroid dienone is 1. The van der Waals surface area contributed by atoms with Crippen molar-refractivity contribution in [3.8, 4) is 0 Å². The number of nitrogens with zero attached hydrogens (tertiary/aromatic N) is 1. The van der Waals surface area contributed by atoms with Crippen LogP contribution in [0.15, 0.2) is 45.2 Å². The zero-order valence-corrected chi connectivity index (χ0v) is 13.7. The van der Waals surface area contributed by atoms with Gasteiger partial charge in [-0.25, -0.2) is 22.0 Å². The molecule has 1 aliphatic heterocycles. The van der Waals surface area contributed by atoms with E-state index in [-0.39, 0.29) is 9.79 Å². The molecule has 2 fully saturated rings. The largest absolute Gasteiger partial charge is 0.243 e. The van der Waals surface area contributed by atoms with Gasteiger partial charge in [-0.3, -0.25) is 0 Å². The molecule has 0 spiro atoms. The molecule has 1 aromatic rings. The first-order valence-electron chi connectivity index (χ1n) is 7.11. The smallest absolute Gasteiger partial charge is 0.225 e. The molecule has 3 rings (SSSR count). The quantitative estimate of drug-likeness (QED) is 0.835. The summed E-state index contributed by atoms with van der Waals surface area (Å²) in [5.41, 5.74) is 2.91. The van der Waals surface area contributed by atoms with Gasteiger partial charge >= 0.3 is 0 Å². The average molecular weight is 342 g/mol. The van der Waals surface area contributed by atoms with Crippen molar-refractivity contribution in [3.63, 3.8) is 0 Å². The third-order valence-electron chi connectivity index (χ3n) is 4.12. The van der Waals surface area contributed by atoms with E-state index in [1.165, 1.54) is 39.7 Å². The maximum Gasteiger partial charge on any atom is 0.243 e. The van der Waals surface area contributed by atoms with E-state index >= 15 is 0 Å². The van der Waals surface area contributed by atoms with Crippen LogP contribution in [0.5, 0.6) is 0 Å². The molecule has 0 atom stereocenters. The molecule has 1 saturated heterocycles. The van der Waals surface area contributed by atoms with Crippen LogP contribution < -0.4 is 5.14 Å². The Morgan fingerprint density at radius 2 is 1.23 bits per heavy atom. The van der Waals surface area contributed by atoms with Crippen LogP contribution in [0.1, 0.15) is 25.7 Å². The number of benzene rings is 1. The van der Waals surface area contributed by atoms with Gasteiger partial charge in [0.1, 0.15) is 0 Å². The Morgan fingerprint density at radius 3 is 1.68 bits per heavy atom. The van der Waals surface area contributed by atoms with Crippen LogP contribution in [-0.2, 0) is 20.0 Å². The van der Waals surface area contributed by atoms with E-state index in [0.717, 1.165) is 25.7 Å². The first kappa shape index (κ1) is 15.7. The number of rotatable bonds is 3. The first-order chi connectivity index (χ1) is 10.3. The summed E-state index contributed by atoms with van der Waals surface area (Å²) in [6.45, 7) is 0.968. The van der Waals surface area contributed by atoms with Crippen LogP contribution in [0.4, 0.5) is 0 Å². The second-order valence-electron chi connectivity index (χ2n) is 5.63. The molecule has 120 valence electrons. The van der Waals surface area contributed by atoms with Gasteiger partial charge in [0.15, 0.2) is 0 Å². The van der Waals surface area contributed by atoms with E-state index in [9.17, 15) is 16.8 Å². The van der Waals surface area contributed by atoms with Crippen molar-refractivity contribution in [2.75, 3.05) is 13.1 Å². The van der Waals surface area contributed by atoms with Crippen LogP contribution in [0.3, 0.4) is 0 Å². The number of nitrogens with two attached hydrogens (primary N) is 1. The highest BCUT2D eigenvalue weighted by molar-refractivity contribution is 7.89. The van der Waals surface area contributed by atoms with Gasteiger partial charge in [-0.1, -0.05) is 11.1 Å². The number of sulfonamides is 2. The highest BCUT2D eigenvalue weighted by Crippen LogP contribution is 2.36. The molecule has 22 heavy (non-hydrogen) atoms. The van der Waals surface area contributed by atoms with Gasteiger partial charge in [-0.05, 0) is 49.9 Å².